The molecule has 2 N–H and O–H groups in total. The van der Waals surface area contributed by atoms with Gasteiger partial charge in [0.15, 0.2) is 0 Å². The Morgan fingerprint density at radius 3 is 2.17 bits per heavy atom. The van der Waals surface area contributed by atoms with Gasteiger partial charge in [0.1, 0.15) is 12.4 Å². The standard InChI is InChI=1S/C34H49N5O3/c1-22(2)26-13-11-14-27(23(3)4)32(26)36-33(41)38(17-12-18-42-10)21-31(40)35-30-20-29(34(7,8)9)37-39(30)28-16-15-24(5)19-25(28)6/h11,13-16,19-20,22-23H,12,17-18,21H2,1-10H3,(H,35,40)(H,36,41). The number of hydrogen-bond acceptors (Lipinski definition) is 4. The van der Waals surface area contributed by atoms with Gasteiger partial charge in [0.05, 0.1) is 11.4 Å². The molecule has 3 rings (SSSR count). The van der Waals surface area contributed by atoms with Gasteiger partial charge in [0.2, 0.25) is 5.91 Å². The lowest BCUT2D eigenvalue weighted by atomic mass is 9.92. The molecule has 0 radical (unpaired) electrons. The van der Waals surface area contributed by atoms with E-state index in [0.29, 0.717) is 25.4 Å². The second kappa shape index (κ2) is 14.0. The van der Waals surface area contributed by atoms with Gasteiger partial charge >= 0.3 is 6.03 Å². The average molecular weight is 576 g/mol. The smallest absolute Gasteiger partial charge is 0.322 e. The van der Waals surface area contributed by atoms with E-state index < -0.39 is 0 Å². The van der Waals surface area contributed by atoms with Crippen LogP contribution < -0.4 is 10.6 Å². The van der Waals surface area contributed by atoms with Crippen LogP contribution in [0.2, 0.25) is 0 Å². The maximum Gasteiger partial charge on any atom is 0.322 e. The van der Waals surface area contributed by atoms with Crippen molar-refractivity contribution >= 4 is 23.4 Å². The summed E-state index contributed by atoms with van der Waals surface area (Å²) in [6.45, 7) is 19.6. The molecule has 0 aliphatic rings. The Labute approximate surface area is 251 Å². The molecule has 2 aromatic carbocycles. The van der Waals surface area contributed by atoms with Crippen LogP contribution in [0.4, 0.5) is 16.3 Å². The minimum atomic E-state index is -0.311. The molecule has 0 aliphatic carbocycles. The molecule has 228 valence electrons. The second-order valence-electron chi connectivity index (χ2n) is 12.7. The Bertz CT molecular complexity index is 1360. The summed E-state index contributed by atoms with van der Waals surface area (Å²) in [7, 11) is 1.63. The fourth-order valence-electron chi connectivity index (χ4n) is 4.95. The Morgan fingerprint density at radius 2 is 1.62 bits per heavy atom. The van der Waals surface area contributed by atoms with Gasteiger partial charge in [-0.1, -0.05) is 84.4 Å². The van der Waals surface area contributed by atoms with E-state index in [1.807, 2.05) is 31.2 Å². The van der Waals surface area contributed by atoms with Crippen LogP contribution in [0, 0.1) is 13.8 Å². The highest BCUT2D eigenvalue weighted by molar-refractivity contribution is 5.97. The Morgan fingerprint density at radius 1 is 0.976 bits per heavy atom. The van der Waals surface area contributed by atoms with Crippen molar-refractivity contribution in [2.75, 3.05) is 37.4 Å². The maximum absolute atomic E-state index is 13.7. The number of aromatic nitrogens is 2. The summed E-state index contributed by atoms with van der Waals surface area (Å²) in [5.74, 6) is 0.732. The van der Waals surface area contributed by atoms with Crippen molar-refractivity contribution in [3.8, 4) is 5.69 Å². The number of rotatable bonds is 11. The molecule has 1 aromatic heterocycles. The summed E-state index contributed by atoms with van der Waals surface area (Å²) in [4.78, 5) is 28.8. The molecule has 0 bridgehead atoms. The number of hydrogen-bond donors (Lipinski definition) is 2. The topological polar surface area (TPSA) is 88.5 Å². The lowest BCUT2D eigenvalue weighted by Crippen LogP contribution is -2.42. The number of nitrogens with one attached hydrogen (secondary N) is 2. The van der Waals surface area contributed by atoms with E-state index in [1.54, 1.807) is 16.7 Å². The first-order valence-corrected chi connectivity index (χ1v) is 14.9. The zero-order chi connectivity index (χ0) is 31.2. The van der Waals surface area contributed by atoms with Crippen LogP contribution in [0.3, 0.4) is 0 Å². The minimum absolute atomic E-state index is 0.112. The van der Waals surface area contributed by atoms with Crippen molar-refractivity contribution in [3.63, 3.8) is 0 Å². The zero-order valence-electron chi connectivity index (χ0n) is 27.1. The van der Waals surface area contributed by atoms with Crippen LogP contribution in [0.5, 0.6) is 0 Å². The molecule has 0 spiro atoms. The normalized spacial score (nSPS) is 11.7. The molecular weight excluding hydrogens is 526 g/mol. The average Bonchev–Trinajstić information content (AvgIpc) is 3.31. The summed E-state index contributed by atoms with van der Waals surface area (Å²) < 4.78 is 7.03. The summed E-state index contributed by atoms with van der Waals surface area (Å²) in [5, 5.41) is 11.1. The molecule has 3 aromatic rings. The van der Waals surface area contributed by atoms with E-state index in [9.17, 15) is 9.59 Å². The highest BCUT2D eigenvalue weighted by Gasteiger charge is 2.25. The molecule has 0 saturated heterocycles. The van der Waals surface area contributed by atoms with Gasteiger partial charge in [-0.3, -0.25) is 4.79 Å². The number of ether oxygens (including phenoxy) is 1. The number of carbonyl (C=O) groups excluding carboxylic acids is 2. The third-order valence-corrected chi connectivity index (χ3v) is 7.33. The van der Waals surface area contributed by atoms with Gasteiger partial charge in [0, 0.05) is 37.4 Å². The molecular formula is C34H49N5O3. The molecule has 0 aliphatic heterocycles. The predicted molar refractivity (Wildman–Crippen MR) is 172 cm³/mol. The van der Waals surface area contributed by atoms with Crippen molar-refractivity contribution in [1.29, 1.82) is 0 Å². The van der Waals surface area contributed by atoms with Crippen LogP contribution in [-0.2, 0) is 14.9 Å². The first-order chi connectivity index (χ1) is 19.7. The second-order valence-corrected chi connectivity index (χ2v) is 12.7. The number of anilines is 2. The van der Waals surface area contributed by atoms with Gasteiger partial charge in [-0.25, -0.2) is 9.48 Å². The first-order valence-electron chi connectivity index (χ1n) is 14.9. The van der Waals surface area contributed by atoms with E-state index in [4.69, 9.17) is 9.84 Å². The van der Waals surface area contributed by atoms with Crippen molar-refractivity contribution in [2.45, 2.75) is 86.0 Å². The van der Waals surface area contributed by atoms with E-state index >= 15 is 0 Å². The summed E-state index contributed by atoms with van der Waals surface area (Å²) in [6, 6.07) is 13.9. The summed E-state index contributed by atoms with van der Waals surface area (Å²) in [6.07, 6.45) is 0.606. The molecule has 42 heavy (non-hydrogen) atoms. The zero-order valence-corrected chi connectivity index (χ0v) is 27.1. The van der Waals surface area contributed by atoms with Crippen molar-refractivity contribution in [2.24, 2.45) is 0 Å². The van der Waals surface area contributed by atoms with Crippen LogP contribution >= 0.6 is 0 Å². The summed E-state index contributed by atoms with van der Waals surface area (Å²) in [5.41, 5.74) is 6.72. The Balaban J connectivity index is 1.91. The maximum atomic E-state index is 13.7. The van der Waals surface area contributed by atoms with Crippen LogP contribution in [0.25, 0.3) is 5.69 Å². The third kappa shape index (κ3) is 8.22. The molecule has 0 unspecified atom stereocenters. The highest BCUT2D eigenvalue weighted by Crippen LogP contribution is 2.33. The molecule has 3 amide bonds. The van der Waals surface area contributed by atoms with Crippen LogP contribution in [0.15, 0.2) is 42.5 Å². The number of nitrogens with zero attached hydrogens (tertiary/aromatic N) is 3. The lowest BCUT2D eigenvalue weighted by Gasteiger charge is -2.26. The lowest BCUT2D eigenvalue weighted by molar-refractivity contribution is -0.116. The quantitative estimate of drug-likeness (QED) is 0.231. The van der Waals surface area contributed by atoms with E-state index in [-0.39, 0.29) is 35.7 Å². The van der Waals surface area contributed by atoms with Crippen LogP contribution in [-0.4, -0.2) is 53.4 Å². The number of aryl methyl sites for hydroxylation is 2. The van der Waals surface area contributed by atoms with Gasteiger partial charge in [-0.05, 0) is 54.9 Å². The summed E-state index contributed by atoms with van der Waals surface area (Å²) >= 11 is 0. The number of urea groups is 1. The largest absolute Gasteiger partial charge is 0.385 e. The van der Waals surface area contributed by atoms with Crippen molar-refractivity contribution < 1.29 is 14.3 Å². The minimum Gasteiger partial charge on any atom is -0.385 e. The van der Waals surface area contributed by atoms with Gasteiger partial charge < -0.3 is 20.3 Å². The molecule has 8 heteroatoms. The Kier molecular flexibility index (Phi) is 11.0. The number of benzene rings is 2. The molecule has 8 nitrogen and oxygen atoms in total. The number of carbonyl (C=O) groups is 2. The van der Waals surface area contributed by atoms with Gasteiger partial charge in [-0.15, -0.1) is 0 Å². The number of methoxy groups -OCH3 is 1. The molecule has 0 saturated carbocycles. The molecule has 0 atom stereocenters. The highest BCUT2D eigenvalue weighted by atomic mass is 16.5. The monoisotopic (exact) mass is 575 g/mol. The molecule has 1 heterocycles. The SMILES string of the molecule is COCCCN(CC(=O)Nc1cc(C(C)(C)C)nn1-c1ccc(C)cc1C)C(=O)Nc1c(C(C)C)cccc1C(C)C. The fourth-order valence-corrected chi connectivity index (χ4v) is 4.95. The van der Waals surface area contributed by atoms with E-state index in [1.165, 1.54) is 0 Å². The Hall–Kier alpha value is -3.65. The molecule has 0 fully saturated rings. The number of para-hydroxylation sites is 1. The van der Waals surface area contributed by atoms with Crippen LogP contribution in [0.1, 0.15) is 94.7 Å². The van der Waals surface area contributed by atoms with Gasteiger partial charge in [0.25, 0.3) is 0 Å². The van der Waals surface area contributed by atoms with E-state index in [0.717, 1.165) is 39.3 Å². The number of amides is 3. The van der Waals surface area contributed by atoms with Crippen molar-refractivity contribution in [1.82, 2.24) is 14.7 Å². The fraction of sp³-hybridized carbons (Fsp3) is 0.500. The first kappa shape index (κ1) is 32.9. The van der Waals surface area contributed by atoms with E-state index in [2.05, 4.69) is 84.2 Å². The third-order valence-electron chi connectivity index (χ3n) is 7.33. The van der Waals surface area contributed by atoms with Gasteiger partial charge in [-0.2, -0.15) is 5.10 Å². The predicted octanol–water partition coefficient (Wildman–Crippen LogP) is 7.54. The van der Waals surface area contributed by atoms with Crippen molar-refractivity contribution in [3.05, 3.63) is 70.4 Å².